The minimum absolute atomic E-state index is 0.465. The zero-order valence-electron chi connectivity index (χ0n) is 14.0. The van der Waals surface area contributed by atoms with Gasteiger partial charge in [-0.15, -0.1) is 11.3 Å². The Bertz CT molecular complexity index is 704. The van der Waals surface area contributed by atoms with Crippen LogP contribution in [0.15, 0.2) is 29.6 Å². The van der Waals surface area contributed by atoms with Gasteiger partial charge in [0, 0.05) is 13.1 Å². The smallest absolute Gasteiger partial charge is 0.414 e. The van der Waals surface area contributed by atoms with E-state index in [0.29, 0.717) is 17.1 Å². The van der Waals surface area contributed by atoms with Gasteiger partial charge in [-0.2, -0.15) is 0 Å². The summed E-state index contributed by atoms with van der Waals surface area (Å²) >= 11 is 1.52. The lowest BCUT2D eigenvalue weighted by Crippen LogP contribution is -2.34. The Morgan fingerprint density at radius 2 is 1.96 bits per heavy atom. The average Bonchev–Trinajstić information content (AvgIpc) is 2.83. The Balaban J connectivity index is 2.21. The molecule has 0 atom stereocenters. The number of benzene rings is 1. The van der Waals surface area contributed by atoms with Gasteiger partial charge in [-0.25, -0.2) is 4.79 Å². The Hall–Kier alpha value is -2.21. The van der Waals surface area contributed by atoms with Gasteiger partial charge in [-0.3, -0.25) is 4.90 Å². The van der Waals surface area contributed by atoms with Crippen molar-refractivity contribution in [3.63, 3.8) is 0 Å². The molecule has 0 aliphatic carbocycles. The summed E-state index contributed by atoms with van der Waals surface area (Å²) in [7, 11) is 1.62. The number of nitrogens with zero attached hydrogens (tertiary/aromatic N) is 1. The van der Waals surface area contributed by atoms with Gasteiger partial charge in [0.1, 0.15) is 11.4 Å². The number of carbonyl (C=O) groups is 1. The van der Waals surface area contributed by atoms with Crippen molar-refractivity contribution in [2.24, 2.45) is 0 Å². The zero-order chi connectivity index (χ0) is 17.2. The maximum Gasteiger partial charge on any atom is 0.414 e. The summed E-state index contributed by atoms with van der Waals surface area (Å²) in [5, 5.41) is 2.80. The van der Waals surface area contributed by atoms with Crippen LogP contribution in [0.1, 0.15) is 26.3 Å². The molecule has 5 nitrogen and oxygen atoms in total. The number of nitrogen functional groups attached to an aromatic ring is 1. The lowest BCUT2D eigenvalue weighted by atomic mass is 10.2. The van der Waals surface area contributed by atoms with Crippen molar-refractivity contribution in [1.29, 1.82) is 0 Å². The van der Waals surface area contributed by atoms with Gasteiger partial charge in [0.2, 0.25) is 0 Å². The Morgan fingerprint density at radius 3 is 2.52 bits per heavy atom. The maximum absolute atomic E-state index is 12.2. The summed E-state index contributed by atoms with van der Waals surface area (Å²) in [6, 6.07) is 7.18. The average molecular weight is 334 g/mol. The predicted molar refractivity (Wildman–Crippen MR) is 94.6 cm³/mol. The summed E-state index contributed by atoms with van der Waals surface area (Å²) in [6.45, 7) is 7.47. The number of hydrogen-bond donors (Lipinski definition) is 1. The number of nitrogens with two attached hydrogens (primary N) is 1. The van der Waals surface area contributed by atoms with E-state index in [1.165, 1.54) is 16.2 Å². The van der Waals surface area contributed by atoms with Crippen LogP contribution in [0, 0.1) is 6.92 Å². The molecule has 2 N–H and O–H groups in total. The molecule has 0 fully saturated rings. The normalized spacial score (nSPS) is 11.2. The first-order valence-electron chi connectivity index (χ1n) is 7.25. The van der Waals surface area contributed by atoms with Gasteiger partial charge in [0.25, 0.3) is 0 Å². The predicted octanol–water partition coefficient (Wildman–Crippen LogP) is 4.80. The van der Waals surface area contributed by atoms with Gasteiger partial charge in [0.15, 0.2) is 5.06 Å². The van der Waals surface area contributed by atoms with Crippen molar-refractivity contribution >= 4 is 28.8 Å². The van der Waals surface area contributed by atoms with Gasteiger partial charge in [-0.1, -0.05) is 0 Å². The number of hydrogen-bond acceptors (Lipinski definition) is 5. The summed E-state index contributed by atoms with van der Waals surface area (Å²) in [5.41, 5.74) is 7.59. The topological polar surface area (TPSA) is 64.8 Å². The van der Waals surface area contributed by atoms with Gasteiger partial charge < -0.3 is 15.2 Å². The molecule has 2 aromatic rings. The SMILES string of the molecule is Cc1csc(Oc2ccc(N)c(N(C)C(=O)OC(C)(C)C)c2)c1. The molecule has 0 saturated carbocycles. The Labute approximate surface area is 140 Å². The summed E-state index contributed by atoms with van der Waals surface area (Å²) in [4.78, 5) is 13.6. The van der Waals surface area contributed by atoms with Crippen molar-refractivity contribution in [3.05, 3.63) is 35.2 Å². The van der Waals surface area contributed by atoms with E-state index in [1.54, 1.807) is 25.2 Å². The second-order valence-corrected chi connectivity index (χ2v) is 7.18. The molecule has 1 aromatic carbocycles. The molecular formula is C17H22N2O3S. The number of anilines is 2. The standard InChI is InChI=1S/C17H22N2O3S/c1-11-8-15(23-10-11)21-12-6-7-13(18)14(9-12)19(5)16(20)22-17(2,3)4/h6-10H,18H2,1-5H3. The maximum atomic E-state index is 12.2. The first kappa shape index (κ1) is 17.1. The zero-order valence-corrected chi connectivity index (χ0v) is 14.9. The number of carbonyl (C=O) groups excluding carboxylic acids is 1. The first-order chi connectivity index (χ1) is 10.7. The molecule has 0 saturated heterocycles. The van der Waals surface area contributed by atoms with E-state index >= 15 is 0 Å². The van der Waals surface area contributed by atoms with Crippen LogP contribution in [0.4, 0.5) is 16.2 Å². The minimum atomic E-state index is -0.567. The largest absolute Gasteiger partial charge is 0.447 e. The molecule has 1 amide bonds. The van der Waals surface area contributed by atoms with Crippen molar-refractivity contribution in [1.82, 2.24) is 0 Å². The second kappa shape index (κ2) is 6.50. The van der Waals surface area contributed by atoms with Crippen molar-refractivity contribution in [2.45, 2.75) is 33.3 Å². The van der Waals surface area contributed by atoms with Crippen molar-refractivity contribution in [3.8, 4) is 10.8 Å². The van der Waals surface area contributed by atoms with Crippen LogP contribution >= 0.6 is 11.3 Å². The van der Waals surface area contributed by atoms with Crippen molar-refractivity contribution < 1.29 is 14.3 Å². The van der Waals surface area contributed by atoms with Crippen LogP contribution in [0.3, 0.4) is 0 Å². The molecule has 1 aromatic heterocycles. The molecular weight excluding hydrogens is 312 g/mol. The van der Waals surface area contributed by atoms with Gasteiger partial charge in [-0.05, 0) is 56.8 Å². The molecule has 0 aliphatic rings. The lowest BCUT2D eigenvalue weighted by Gasteiger charge is -2.25. The van der Waals surface area contributed by atoms with Crippen LogP contribution < -0.4 is 15.4 Å². The van der Waals surface area contributed by atoms with E-state index in [1.807, 2.05) is 39.1 Å². The number of thiophene rings is 1. The quantitative estimate of drug-likeness (QED) is 0.819. The lowest BCUT2D eigenvalue weighted by molar-refractivity contribution is 0.0589. The van der Waals surface area contributed by atoms with Gasteiger partial charge >= 0.3 is 6.09 Å². The fourth-order valence-corrected chi connectivity index (χ4v) is 2.65. The van der Waals surface area contributed by atoms with E-state index in [4.69, 9.17) is 15.2 Å². The third-order valence-corrected chi connectivity index (χ3v) is 3.88. The molecule has 0 radical (unpaired) electrons. The van der Waals surface area contributed by atoms with Crippen LogP contribution in [0.5, 0.6) is 10.8 Å². The summed E-state index contributed by atoms with van der Waals surface area (Å²) < 4.78 is 11.2. The van der Waals surface area contributed by atoms with E-state index in [0.717, 1.165) is 10.6 Å². The minimum Gasteiger partial charge on any atom is -0.447 e. The number of ether oxygens (including phenoxy) is 2. The van der Waals surface area contributed by atoms with Crippen LogP contribution in [-0.4, -0.2) is 18.7 Å². The number of amides is 1. The van der Waals surface area contributed by atoms with Gasteiger partial charge in [0.05, 0.1) is 11.4 Å². The van der Waals surface area contributed by atoms with Crippen LogP contribution in [0.25, 0.3) is 0 Å². The monoisotopic (exact) mass is 334 g/mol. The highest BCUT2D eigenvalue weighted by molar-refractivity contribution is 7.12. The highest BCUT2D eigenvalue weighted by atomic mass is 32.1. The first-order valence-corrected chi connectivity index (χ1v) is 8.13. The third-order valence-electron chi connectivity index (χ3n) is 2.96. The molecule has 6 heteroatoms. The molecule has 23 heavy (non-hydrogen) atoms. The van der Waals surface area contributed by atoms with E-state index < -0.39 is 11.7 Å². The highest BCUT2D eigenvalue weighted by Crippen LogP contribution is 2.33. The molecule has 124 valence electrons. The molecule has 0 spiro atoms. The molecule has 1 heterocycles. The molecule has 0 aliphatic heterocycles. The Kier molecular flexibility index (Phi) is 4.85. The number of rotatable bonds is 3. The van der Waals surface area contributed by atoms with Crippen LogP contribution in [0.2, 0.25) is 0 Å². The number of aryl methyl sites for hydroxylation is 1. The third kappa shape index (κ3) is 4.63. The Morgan fingerprint density at radius 1 is 1.26 bits per heavy atom. The van der Waals surface area contributed by atoms with E-state index in [2.05, 4.69) is 0 Å². The molecule has 0 unspecified atom stereocenters. The van der Waals surface area contributed by atoms with E-state index in [-0.39, 0.29) is 0 Å². The van der Waals surface area contributed by atoms with E-state index in [9.17, 15) is 4.79 Å². The summed E-state index contributed by atoms with van der Waals surface area (Å²) in [6.07, 6.45) is -0.465. The second-order valence-electron chi connectivity index (χ2n) is 6.31. The van der Waals surface area contributed by atoms with Crippen LogP contribution in [-0.2, 0) is 4.74 Å². The fourth-order valence-electron chi connectivity index (χ4n) is 1.88. The molecule has 0 bridgehead atoms. The molecule has 2 rings (SSSR count). The fraction of sp³-hybridized carbons (Fsp3) is 0.353. The van der Waals surface area contributed by atoms with Crippen molar-refractivity contribution in [2.75, 3.05) is 17.7 Å². The summed E-state index contributed by atoms with van der Waals surface area (Å²) in [5.74, 6) is 0.617. The highest BCUT2D eigenvalue weighted by Gasteiger charge is 2.22.